The minimum absolute atomic E-state index is 0.173. The summed E-state index contributed by atoms with van der Waals surface area (Å²) in [6, 6.07) is 0. The maximum atomic E-state index is 10.8. The van der Waals surface area contributed by atoms with Gasteiger partial charge in [-0.25, -0.2) is 5.06 Å². The molecular formula is C8H17BrN2O2. The van der Waals surface area contributed by atoms with Gasteiger partial charge in [0.05, 0.1) is 5.33 Å². The summed E-state index contributed by atoms with van der Waals surface area (Å²) in [6.07, 6.45) is 3.91. The molecule has 0 fully saturated rings. The molecule has 0 aliphatic heterocycles. The molecule has 0 rings (SSSR count). The largest absolute Gasteiger partial charge is 0.330 e. The lowest BCUT2D eigenvalue weighted by Gasteiger charge is -2.12. The van der Waals surface area contributed by atoms with Crippen LogP contribution in [-0.4, -0.2) is 34.6 Å². The second-order valence-corrected chi connectivity index (χ2v) is 3.41. The number of unbranched alkanes of at least 4 members (excludes halogenated alkanes) is 3. The van der Waals surface area contributed by atoms with E-state index >= 15 is 0 Å². The molecule has 4 nitrogen and oxygen atoms in total. The molecule has 0 saturated heterocycles. The van der Waals surface area contributed by atoms with E-state index < -0.39 is 0 Å². The van der Waals surface area contributed by atoms with E-state index in [4.69, 9.17) is 10.9 Å². The Morgan fingerprint density at radius 1 is 1.31 bits per heavy atom. The molecule has 13 heavy (non-hydrogen) atoms. The van der Waals surface area contributed by atoms with Gasteiger partial charge in [0.2, 0.25) is 0 Å². The molecule has 5 heteroatoms. The predicted molar refractivity (Wildman–Crippen MR) is 54.8 cm³/mol. The Balaban J connectivity index is 3.26. The van der Waals surface area contributed by atoms with Crippen molar-refractivity contribution in [2.75, 3.05) is 18.4 Å². The summed E-state index contributed by atoms with van der Waals surface area (Å²) in [7, 11) is 0. The highest BCUT2D eigenvalue weighted by Gasteiger charge is 2.07. The number of nitrogens with zero attached hydrogens (tertiary/aromatic N) is 1. The van der Waals surface area contributed by atoms with Crippen molar-refractivity contribution in [1.82, 2.24) is 5.06 Å². The average molecular weight is 253 g/mol. The molecule has 0 atom stereocenters. The Bertz CT molecular complexity index is 144. The van der Waals surface area contributed by atoms with Crippen LogP contribution in [0.5, 0.6) is 0 Å². The fourth-order valence-corrected chi connectivity index (χ4v) is 1.24. The molecule has 78 valence electrons. The average Bonchev–Trinajstić information content (AvgIpc) is 2.16. The van der Waals surface area contributed by atoms with Crippen molar-refractivity contribution >= 4 is 21.8 Å². The number of hydrogen-bond acceptors (Lipinski definition) is 3. The fraction of sp³-hybridized carbons (Fsp3) is 0.875. The van der Waals surface area contributed by atoms with Gasteiger partial charge in [-0.15, -0.1) is 0 Å². The van der Waals surface area contributed by atoms with E-state index in [1.54, 1.807) is 0 Å². The van der Waals surface area contributed by atoms with E-state index in [0.29, 0.717) is 13.1 Å². The zero-order valence-electron chi connectivity index (χ0n) is 7.71. The lowest BCUT2D eigenvalue weighted by atomic mass is 10.2. The van der Waals surface area contributed by atoms with E-state index in [0.717, 1.165) is 30.7 Å². The minimum Gasteiger partial charge on any atom is -0.330 e. The Hall–Kier alpha value is -0.130. The smallest absolute Gasteiger partial charge is 0.256 e. The van der Waals surface area contributed by atoms with Gasteiger partial charge in [0.15, 0.2) is 0 Å². The first kappa shape index (κ1) is 12.9. The van der Waals surface area contributed by atoms with E-state index in [-0.39, 0.29) is 11.2 Å². The number of amides is 1. The Labute approximate surface area is 87.2 Å². The van der Waals surface area contributed by atoms with Crippen LogP contribution in [0.4, 0.5) is 0 Å². The maximum Gasteiger partial charge on any atom is 0.256 e. The van der Waals surface area contributed by atoms with Gasteiger partial charge >= 0.3 is 0 Å². The Kier molecular flexibility index (Phi) is 8.38. The zero-order valence-corrected chi connectivity index (χ0v) is 9.29. The standard InChI is InChI=1S/C8H17BrN2O2/c9-7-8(12)11(13)6-4-2-1-3-5-10/h13H,1-7,10H2. The molecule has 0 bridgehead atoms. The van der Waals surface area contributed by atoms with Gasteiger partial charge in [-0.05, 0) is 19.4 Å². The summed E-state index contributed by atoms with van der Waals surface area (Å²) < 4.78 is 0. The molecular weight excluding hydrogens is 236 g/mol. The lowest BCUT2D eigenvalue weighted by molar-refractivity contribution is -0.162. The second-order valence-electron chi connectivity index (χ2n) is 2.85. The van der Waals surface area contributed by atoms with Crippen LogP contribution in [0.3, 0.4) is 0 Å². The van der Waals surface area contributed by atoms with Crippen LogP contribution in [0.2, 0.25) is 0 Å². The van der Waals surface area contributed by atoms with Gasteiger partial charge in [-0.3, -0.25) is 10.0 Å². The van der Waals surface area contributed by atoms with Crippen LogP contribution in [0.25, 0.3) is 0 Å². The van der Waals surface area contributed by atoms with Crippen molar-refractivity contribution in [3.05, 3.63) is 0 Å². The first-order valence-corrected chi connectivity index (χ1v) is 5.59. The van der Waals surface area contributed by atoms with E-state index in [9.17, 15) is 4.79 Å². The summed E-state index contributed by atoms with van der Waals surface area (Å²) in [6.45, 7) is 1.12. The summed E-state index contributed by atoms with van der Waals surface area (Å²) in [5.74, 6) is -0.293. The van der Waals surface area contributed by atoms with Gasteiger partial charge in [0.25, 0.3) is 5.91 Å². The quantitative estimate of drug-likeness (QED) is 0.309. The molecule has 0 aliphatic carbocycles. The van der Waals surface area contributed by atoms with Crippen molar-refractivity contribution < 1.29 is 10.0 Å². The van der Waals surface area contributed by atoms with Gasteiger partial charge in [0.1, 0.15) is 0 Å². The highest BCUT2D eigenvalue weighted by atomic mass is 79.9. The summed E-state index contributed by atoms with van der Waals surface area (Å²) in [4.78, 5) is 10.8. The number of hydrogen-bond donors (Lipinski definition) is 2. The second kappa shape index (κ2) is 8.47. The summed E-state index contributed by atoms with van der Waals surface area (Å²) >= 11 is 2.98. The molecule has 0 aromatic heterocycles. The monoisotopic (exact) mass is 252 g/mol. The highest BCUT2D eigenvalue weighted by molar-refractivity contribution is 9.09. The minimum atomic E-state index is -0.293. The number of carbonyl (C=O) groups is 1. The van der Waals surface area contributed by atoms with Gasteiger partial charge in [-0.1, -0.05) is 28.8 Å². The molecule has 1 amide bonds. The van der Waals surface area contributed by atoms with Crippen LogP contribution in [0.1, 0.15) is 25.7 Å². The number of nitrogens with two attached hydrogens (primary N) is 1. The summed E-state index contributed by atoms with van der Waals surface area (Å²) in [5, 5.41) is 10.0. The van der Waals surface area contributed by atoms with Crippen molar-refractivity contribution in [2.45, 2.75) is 25.7 Å². The molecule has 0 aromatic rings. The Morgan fingerprint density at radius 3 is 2.46 bits per heavy atom. The van der Waals surface area contributed by atoms with E-state index in [1.165, 1.54) is 0 Å². The van der Waals surface area contributed by atoms with Crippen molar-refractivity contribution in [1.29, 1.82) is 0 Å². The highest BCUT2D eigenvalue weighted by Crippen LogP contribution is 2.00. The molecule has 0 aliphatic rings. The Morgan fingerprint density at radius 2 is 1.92 bits per heavy atom. The molecule has 3 N–H and O–H groups in total. The van der Waals surface area contributed by atoms with Crippen LogP contribution in [0, 0.1) is 0 Å². The molecule has 0 unspecified atom stereocenters. The maximum absolute atomic E-state index is 10.8. The molecule has 0 saturated carbocycles. The number of halogens is 1. The third-order valence-corrected chi connectivity index (χ3v) is 2.21. The number of alkyl halides is 1. The molecule has 0 aromatic carbocycles. The van der Waals surface area contributed by atoms with Crippen molar-refractivity contribution in [2.24, 2.45) is 5.73 Å². The molecule has 0 spiro atoms. The van der Waals surface area contributed by atoms with Gasteiger partial charge in [-0.2, -0.15) is 0 Å². The van der Waals surface area contributed by atoms with E-state index in [2.05, 4.69) is 15.9 Å². The van der Waals surface area contributed by atoms with Gasteiger partial charge in [0, 0.05) is 6.54 Å². The van der Waals surface area contributed by atoms with Crippen molar-refractivity contribution in [3.8, 4) is 0 Å². The number of hydroxylamine groups is 2. The normalized spacial score (nSPS) is 10.1. The van der Waals surface area contributed by atoms with Crippen molar-refractivity contribution in [3.63, 3.8) is 0 Å². The lowest BCUT2D eigenvalue weighted by Crippen LogP contribution is -2.29. The van der Waals surface area contributed by atoms with Gasteiger partial charge < -0.3 is 5.73 Å². The van der Waals surface area contributed by atoms with Crippen LogP contribution < -0.4 is 5.73 Å². The van der Waals surface area contributed by atoms with E-state index in [1.807, 2.05) is 0 Å². The SMILES string of the molecule is NCCCCCCN(O)C(=O)CBr. The third kappa shape index (κ3) is 6.98. The first-order chi connectivity index (χ1) is 6.22. The molecule has 0 radical (unpaired) electrons. The number of rotatable bonds is 7. The van der Waals surface area contributed by atoms with Crippen LogP contribution >= 0.6 is 15.9 Å². The topological polar surface area (TPSA) is 66.6 Å². The molecule has 0 heterocycles. The first-order valence-electron chi connectivity index (χ1n) is 4.47. The summed E-state index contributed by atoms with van der Waals surface area (Å²) in [5.41, 5.74) is 5.32. The predicted octanol–water partition coefficient (Wildman–Crippen LogP) is 1.12. The van der Waals surface area contributed by atoms with Crippen LogP contribution in [-0.2, 0) is 4.79 Å². The fourth-order valence-electron chi connectivity index (χ4n) is 0.953. The zero-order chi connectivity index (χ0) is 10.1. The van der Waals surface area contributed by atoms with Crippen LogP contribution in [0.15, 0.2) is 0 Å². The number of carbonyl (C=O) groups excluding carboxylic acids is 1. The third-order valence-electron chi connectivity index (χ3n) is 1.73.